The number of hydrogen-bond donors (Lipinski definition) is 1. The molecule has 3 heterocycles. The van der Waals surface area contributed by atoms with Crippen molar-refractivity contribution >= 4 is 5.91 Å². The molecule has 3 aromatic rings. The van der Waals surface area contributed by atoms with E-state index in [9.17, 15) is 9.59 Å². The summed E-state index contributed by atoms with van der Waals surface area (Å²) in [5.74, 6) is 0.863. The number of carbonyl (C=O) groups is 1. The number of aromatic nitrogens is 4. The maximum Gasteiger partial charge on any atom is 0.347 e. The zero-order valence-corrected chi connectivity index (χ0v) is 16.1. The maximum absolute atomic E-state index is 12.7. The molecule has 1 fully saturated rings. The highest BCUT2D eigenvalue weighted by Gasteiger charge is 2.28. The van der Waals surface area contributed by atoms with Gasteiger partial charge in [-0.25, -0.2) is 14.5 Å². The third-order valence-electron chi connectivity index (χ3n) is 5.30. The molecule has 1 aromatic carbocycles. The van der Waals surface area contributed by atoms with Gasteiger partial charge in [-0.05, 0) is 51.0 Å². The Morgan fingerprint density at radius 3 is 2.43 bits per heavy atom. The van der Waals surface area contributed by atoms with Crippen LogP contribution in [0.2, 0.25) is 0 Å². The molecular weight excluding hydrogens is 354 g/mol. The van der Waals surface area contributed by atoms with E-state index in [1.165, 1.54) is 0 Å². The highest BCUT2D eigenvalue weighted by molar-refractivity contribution is 5.94. The lowest BCUT2D eigenvalue weighted by atomic mass is 9.95. The minimum Gasteiger partial charge on any atom is -0.339 e. The number of H-pyrrole nitrogens is 1. The first-order valence-corrected chi connectivity index (χ1v) is 9.49. The van der Waals surface area contributed by atoms with Crippen LogP contribution in [0.1, 0.15) is 46.2 Å². The summed E-state index contributed by atoms with van der Waals surface area (Å²) in [5, 5.41) is 6.87. The van der Waals surface area contributed by atoms with Gasteiger partial charge in [0.15, 0.2) is 0 Å². The minimum atomic E-state index is -0.233. The Labute approximate surface area is 163 Å². The van der Waals surface area contributed by atoms with Crippen LogP contribution in [0.25, 0.3) is 5.69 Å². The van der Waals surface area contributed by atoms with Gasteiger partial charge in [-0.15, -0.1) is 0 Å². The third kappa shape index (κ3) is 3.47. The van der Waals surface area contributed by atoms with E-state index in [4.69, 9.17) is 0 Å². The monoisotopic (exact) mass is 377 g/mol. The summed E-state index contributed by atoms with van der Waals surface area (Å²) in [6, 6.07) is 11.5. The van der Waals surface area contributed by atoms with E-state index in [0.717, 1.165) is 35.6 Å². The molecule has 0 radical (unpaired) electrons. The number of nitrogens with one attached hydrogen (secondary N) is 1. The molecule has 0 bridgehead atoms. The molecule has 1 amide bonds. The van der Waals surface area contributed by atoms with Crippen LogP contribution in [0.4, 0.5) is 0 Å². The van der Waals surface area contributed by atoms with E-state index in [-0.39, 0.29) is 17.5 Å². The van der Waals surface area contributed by atoms with Crippen molar-refractivity contribution in [3.8, 4) is 5.69 Å². The second-order valence-corrected chi connectivity index (χ2v) is 7.31. The Hall–Kier alpha value is -3.22. The zero-order chi connectivity index (χ0) is 19.7. The lowest BCUT2D eigenvalue weighted by molar-refractivity contribution is 0.0710. The fourth-order valence-corrected chi connectivity index (χ4v) is 3.64. The van der Waals surface area contributed by atoms with Crippen LogP contribution in [-0.4, -0.2) is 43.6 Å². The van der Waals surface area contributed by atoms with Crippen molar-refractivity contribution in [2.45, 2.75) is 32.6 Å². The zero-order valence-electron chi connectivity index (χ0n) is 16.1. The number of aryl methyl sites for hydroxylation is 2. The number of pyridine rings is 1. The number of carbonyl (C=O) groups excluding carboxylic acids is 1. The highest BCUT2D eigenvalue weighted by atomic mass is 16.2. The number of rotatable bonds is 3. The average molecular weight is 377 g/mol. The lowest BCUT2D eigenvalue weighted by Gasteiger charge is -2.31. The van der Waals surface area contributed by atoms with Gasteiger partial charge in [0.25, 0.3) is 5.91 Å². The van der Waals surface area contributed by atoms with E-state index in [2.05, 4.69) is 15.2 Å². The number of likely N-dealkylation sites (tertiary alicyclic amines) is 1. The fourth-order valence-electron chi connectivity index (χ4n) is 3.64. The van der Waals surface area contributed by atoms with Crippen LogP contribution in [0, 0.1) is 13.8 Å². The summed E-state index contributed by atoms with van der Waals surface area (Å²) in [6.45, 7) is 5.18. The molecule has 0 saturated carbocycles. The summed E-state index contributed by atoms with van der Waals surface area (Å²) in [4.78, 5) is 31.1. The first-order chi connectivity index (χ1) is 13.5. The Morgan fingerprint density at radius 2 is 1.79 bits per heavy atom. The highest BCUT2D eigenvalue weighted by Crippen LogP contribution is 2.28. The van der Waals surface area contributed by atoms with Gasteiger partial charge in [0, 0.05) is 30.9 Å². The summed E-state index contributed by atoms with van der Waals surface area (Å²) in [7, 11) is 0. The molecule has 0 unspecified atom stereocenters. The lowest BCUT2D eigenvalue weighted by Crippen LogP contribution is -2.38. The molecule has 1 N–H and O–H groups in total. The number of hydrogen-bond acceptors (Lipinski definition) is 4. The topological polar surface area (TPSA) is 83.9 Å². The first kappa shape index (κ1) is 18.2. The van der Waals surface area contributed by atoms with Crippen LogP contribution >= 0.6 is 0 Å². The number of aromatic amines is 1. The molecule has 1 aliphatic rings. The molecule has 7 heteroatoms. The van der Waals surface area contributed by atoms with Crippen molar-refractivity contribution in [1.82, 2.24) is 24.6 Å². The van der Waals surface area contributed by atoms with E-state index in [1.807, 2.05) is 55.1 Å². The van der Waals surface area contributed by atoms with Crippen molar-refractivity contribution in [3.63, 3.8) is 0 Å². The van der Waals surface area contributed by atoms with E-state index >= 15 is 0 Å². The summed E-state index contributed by atoms with van der Waals surface area (Å²) >= 11 is 0. The number of nitrogens with zero attached hydrogens (tertiary/aromatic N) is 4. The van der Waals surface area contributed by atoms with Crippen molar-refractivity contribution in [2.75, 3.05) is 13.1 Å². The van der Waals surface area contributed by atoms with Gasteiger partial charge in [-0.3, -0.25) is 9.78 Å². The van der Waals surface area contributed by atoms with Crippen molar-refractivity contribution in [2.24, 2.45) is 0 Å². The predicted molar refractivity (Wildman–Crippen MR) is 106 cm³/mol. The van der Waals surface area contributed by atoms with Gasteiger partial charge in [0.2, 0.25) is 0 Å². The predicted octanol–water partition coefficient (Wildman–Crippen LogP) is 2.59. The Balaban J connectivity index is 1.50. The van der Waals surface area contributed by atoms with Crippen LogP contribution in [0.5, 0.6) is 0 Å². The van der Waals surface area contributed by atoms with Gasteiger partial charge in [0.1, 0.15) is 5.82 Å². The molecule has 0 atom stereocenters. The Morgan fingerprint density at radius 1 is 1.07 bits per heavy atom. The molecule has 0 spiro atoms. The van der Waals surface area contributed by atoms with Crippen molar-refractivity contribution in [3.05, 3.63) is 75.7 Å². The molecular formula is C21H23N5O2. The fraction of sp³-hybridized carbons (Fsp3) is 0.333. The van der Waals surface area contributed by atoms with Gasteiger partial charge in [-0.1, -0.05) is 17.7 Å². The van der Waals surface area contributed by atoms with E-state index in [1.54, 1.807) is 10.8 Å². The molecule has 1 saturated heterocycles. The number of benzene rings is 1. The minimum absolute atomic E-state index is 0.00361. The number of amides is 1. The SMILES string of the molecule is Cc1ccc(-n2c(C3CCN(C(=O)c4ccc(C)nc4)CC3)n[nH]c2=O)cc1. The van der Waals surface area contributed by atoms with E-state index < -0.39 is 0 Å². The summed E-state index contributed by atoms with van der Waals surface area (Å²) in [5.41, 5.74) is 3.22. The second-order valence-electron chi connectivity index (χ2n) is 7.31. The molecule has 144 valence electrons. The smallest absolute Gasteiger partial charge is 0.339 e. The van der Waals surface area contributed by atoms with Crippen LogP contribution in [-0.2, 0) is 0 Å². The van der Waals surface area contributed by atoms with E-state index in [0.29, 0.717) is 18.7 Å². The van der Waals surface area contributed by atoms with Gasteiger partial charge >= 0.3 is 5.69 Å². The second kappa shape index (κ2) is 7.42. The van der Waals surface area contributed by atoms with Crippen LogP contribution < -0.4 is 5.69 Å². The molecule has 0 aliphatic carbocycles. The van der Waals surface area contributed by atoms with Crippen molar-refractivity contribution < 1.29 is 4.79 Å². The normalized spacial score (nSPS) is 15.0. The average Bonchev–Trinajstić information content (AvgIpc) is 3.10. The molecule has 7 nitrogen and oxygen atoms in total. The van der Waals surface area contributed by atoms with Gasteiger partial charge < -0.3 is 4.90 Å². The molecule has 2 aromatic heterocycles. The van der Waals surface area contributed by atoms with Gasteiger partial charge in [0.05, 0.1) is 11.3 Å². The van der Waals surface area contributed by atoms with Crippen LogP contribution in [0.3, 0.4) is 0 Å². The number of piperidine rings is 1. The third-order valence-corrected chi connectivity index (χ3v) is 5.30. The standard InChI is InChI=1S/C21H23N5O2/c1-14-3-7-18(8-4-14)26-19(23-24-21(26)28)16-9-11-25(12-10-16)20(27)17-6-5-15(2)22-13-17/h3-8,13,16H,9-12H2,1-2H3,(H,24,28). The van der Waals surface area contributed by atoms with Crippen molar-refractivity contribution in [1.29, 1.82) is 0 Å². The maximum atomic E-state index is 12.7. The molecule has 1 aliphatic heterocycles. The van der Waals surface area contributed by atoms with Gasteiger partial charge in [-0.2, -0.15) is 5.10 Å². The Bertz CT molecular complexity index is 1030. The largest absolute Gasteiger partial charge is 0.347 e. The first-order valence-electron chi connectivity index (χ1n) is 9.49. The quantitative estimate of drug-likeness (QED) is 0.760. The summed E-state index contributed by atoms with van der Waals surface area (Å²) < 4.78 is 1.64. The Kier molecular flexibility index (Phi) is 4.81. The van der Waals surface area contributed by atoms with Crippen LogP contribution in [0.15, 0.2) is 47.4 Å². The molecule has 4 rings (SSSR count). The molecule has 28 heavy (non-hydrogen) atoms. The summed E-state index contributed by atoms with van der Waals surface area (Å²) in [6.07, 6.45) is 3.16.